The summed E-state index contributed by atoms with van der Waals surface area (Å²) in [5, 5.41) is 8.76. The summed E-state index contributed by atoms with van der Waals surface area (Å²) in [6.07, 6.45) is 2.20. The molecule has 2 heterocycles. The van der Waals surface area contributed by atoms with Crippen molar-refractivity contribution in [3.63, 3.8) is 0 Å². The smallest absolute Gasteiger partial charge is 0.251 e. The van der Waals surface area contributed by atoms with Crippen LogP contribution in [-0.4, -0.2) is 22.3 Å². The highest BCUT2D eigenvalue weighted by atomic mass is 19.1. The van der Waals surface area contributed by atoms with Crippen LogP contribution in [-0.2, 0) is 17.8 Å². The maximum atomic E-state index is 14.6. The van der Waals surface area contributed by atoms with Crippen LogP contribution in [0.1, 0.15) is 25.8 Å². The van der Waals surface area contributed by atoms with Gasteiger partial charge in [-0.05, 0) is 29.7 Å². The summed E-state index contributed by atoms with van der Waals surface area (Å²) < 4.78 is 21.3. The van der Waals surface area contributed by atoms with Gasteiger partial charge in [0.15, 0.2) is 0 Å². The van der Waals surface area contributed by atoms with Crippen LogP contribution in [0.5, 0.6) is 5.75 Å². The number of hydrogen-bond acceptors (Lipinski definition) is 4. The molecule has 0 fully saturated rings. The van der Waals surface area contributed by atoms with Crippen LogP contribution in [0.3, 0.4) is 0 Å². The molecule has 0 spiro atoms. The molecule has 0 bridgehead atoms. The van der Waals surface area contributed by atoms with Crippen molar-refractivity contribution in [2.45, 2.75) is 33.2 Å². The maximum Gasteiger partial charge on any atom is 0.251 e. The van der Waals surface area contributed by atoms with E-state index in [0.29, 0.717) is 12.2 Å². The number of aromatic nitrogens is 1. The molecule has 1 aliphatic heterocycles. The summed E-state index contributed by atoms with van der Waals surface area (Å²) in [5.41, 5.74) is 2.26. The van der Waals surface area contributed by atoms with E-state index in [9.17, 15) is 14.0 Å². The van der Waals surface area contributed by atoms with Crippen LogP contribution in [0.15, 0.2) is 35.3 Å². The zero-order chi connectivity index (χ0) is 18.9. The Morgan fingerprint density at radius 1 is 1.38 bits per heavy atom. The molecule has 0 atom stereocenters. The van der Waals surface area contributed by atoms with Gasteiger partial charge in [0, 0.05) is 36.2 Å². The van der Waals surface area contributed by atoms with Gasteiger partial charge in [-0.15, -0.1) is 0 Å². The Bertz CT molecular complexity index is 905. The van der Waals surface area contributed by atoms with Gasteiger partial charge in [-0.2, -0.15) is 0 Å². The molecule has 1 aliphatic rings. The van der Waals surface area contributed by atoms with Crippen molar-refractivity contribution in [1.29, 1.82) is 0 Å². The third kappa shape index (κ3) is 3.48. The molecule has 1 aromatic carbocycles. The fraction of sp³-hybridized carbons (Fsp3) is 0.368. The summed E-state index contributed by atoms with van der Waals surface area (Å²) in [7, 11) is 0. The Hall–Kier alpha value is -2.67. The number of pyridine rings is 1. The summed E-state index contributed by atoms with van der Waals surface area (Å²) in [5.74, 6) is -0.261. The molecule has 0 radical (unpaired) electrons. The minimum Gasteiger partial charge on any atom is -0.493 e. The van der Waals surface area contributed by atoms with E-state index < -0.39 is 17.1 Å². The van der Waals surface area contributed by atoms with Crippen molar-refractivity contribution in [3.8, 4) is 16.9 Å². The zero-order valence-electron chi connectivity index (χ0n) is 14.7. The lowest BCUT2D eigenvalue weighted by Gasteiger charge is -2.22. The van der Waals surface area contributed by atoms with Gasteiger partial charge in [-0.1, -0.05) is 19.9 Å². The second-order valence-electron chi connectivity index (χ2n) is 7.06. The largest absolute Gasteiger partial charge is 0.493 e. The molecule has 0 saturated heterocycles. The van der Waals surface area contributed by atoms with Gasteiger partial charge in [0.05, 0.1) is 6.61 Å². The lowest BCUT2D eigenvalue weighted by Crippen LogP contribution is -2.36. The number of carbonyl (C=O) groups is 1. The van der Waals surface area contributed by atoms with Gasteiger partial charge < -0.3 is 9.30 Å². The average molecular weight is 360 g/mol. The quantitative estimate of drug-likeness (QED) is 0.634. The van der Waals surface area contributed by atoms with Crippen molar-refractivity contribution in [2.24, 2.45) is 5.41 Å². The minimum absolute atomic E-state index is 0.161. The number of benzene rings is 1. The third-order valence-corrected chi connectivity index (χ3v) is 4.77. The van der Waals surface area contributed by atoms with Gasteiger partial charge >= 0.3 is 0 Å². The first-order valence-electron chi connectivity index (χ1n) is 8.42. The predicted octanol–water partition coefficient (Wildman–Crippen LogP) is 2.51. The first kappa shape index (κ1) is 18.1. The molecule has 0 saturated carbocycles. The monoisotopic (exact) mass is 360 g/mol. The van der Waals surface area contributed by atoms with E-state index in [0.717, 1.165) is 23.9 Å². The second kappa shape index (κ2) is 6.92. The van der Waals surface area contributed by atoms with Gasteiger partial charge in [-0.3, -0.25) is 14.8 Å². The lowest BCUT2D eigenvalue weighted by molar-refractivity contribution is -0.138. The molecule has 7 heteroatoms. The predicted molar refractivity (Wildman–Crippen MR) is 93.6 cm³/mol. The lowest BCUT2D eigenvalue weighted by atomic mass is 9.88. The van der Waals surface area contributed by atoms with Crippen LogP contribution in [0.4, 0.5) is 4.39 Å². The first-order chi connectivity index (χ1) is 12.3. The van der Waals surface area contributed by atoms with Crippen molar-refractivity contribution >= 4 is 5.91 Å². The molecule has 1 amide bonds. The molecule has 0 unspecified atom stereocenters. The van der Waals surface area contributed by atoms with E-state index in [-0.39, 0.29) is 24.1 Å². The van der Waals surface area contributed by atoms with E-state index in [2.05, 4.69) is 0 Å². The second-order valence-corrected chi connectivity index (χ2v) is 7.06. The van der Waals surface area contributed by atoms with Gasteiger partial charge in [0.25, 0.3) is 5.56 Å². The van der Waals surface area contributed by atoms with Crippen molar-refractivity contribution in [1.82, 2.24) is 10.0 Å². The number of halogens is 1. The molecule has 2 aromatic rings. The van der Waals surface area contributed by atoms with E-state index in [1.807, 2.05) is 6.07 Å². The van der Waals surface area contributed by atoms with Crippen LogP contribution in [0, 0.1) is 11.2 Å². The fourth-order valence-electron chi connectivity index (χ4n) is 2.96. The molecule has 138 valence electrons. The van der Waals surface area contributed by atoms with Crippen LogP contribution in [0.25, 0.3) is 11.1 Å². The highest BCUT2D eigenvalue weighted by Gasteiger charge is 2.27. The number of nitrogens with one attached hydrogen (secondary N) is 1. The van der Waals surface area contributed by atoms with Crippen LogP contribution in [0.2, 0.25) is 0 Å². The van der Waals surface area contributed by atoms with Crippen molar-refractivity contribution in [3.05, 3.63) is 52.2 Å². The van der Waals surface area contributed by atoms with E-state index in [1.165, 1.54) is 10.6 Å². The topological polar surface area (TPSA) is 80.6 Å². The fourth-order valence-corrected chi connectivity index (χ4v) is 2.96. The number of hydroxylamine groups is 1. The number of rotatable bonds is 5. The van der Waals surface area contributed by atoms with Gasteiger partial charge in [-0.25, -0.2) is 9.87 Å². The minimum atomic E-state index is -0.886. The maximum absolute atomic E-state index is 14.6. The Morgan fingerprint density at radius 3 is 2.88 bits per heavy atom. The van der Waals surface area contributed by atoms with Gasteiger partial charge in [0.1, 0.15) is 11.6 Å². The van der Waals surface area contributed by atoms with Gasteiger partial charge in [0.2, 0.25) is 5.91 Å². The molecule has 6 nitrogen and oxygen atoms in total. The number of carbonyl (C=O) groups excluding carboxylic acids is 1. The molecule has 0 aliphatic carbocycles. The standard InChI is InChI=1S/C19H21FN2O4/c1-19(2,18(24)21-25)6-7-22-11-15(20)14(10-17(22)23)12-3-4-16-13(9-12)5-8-26-16/h3-4,9-11,25H,5-8H2,1-2H3,(H,21,24). The van der Waals surface area contributed by atoms with E-state index in [1.54, 1.807) is 31.5 Å². The highest BCUT2D eigenvalue weighted by Crippen LogP contribution is 2.31. The molecule has 1 aromatic heterocycles. The third-order valence-electron chi connectivity index (χ3n) is 4.77. The molecular formula is C19H21FN2O4. The molecule has 3 rings (SSSR count). The summed E-state index contributed by atoms with van der Waals surface area (Å²) in [4.78, 5) is 24.0. The summed E-state index contributed by atoms with van der Waals surface area (Å²) in [6, 6.07) is 6.64. The number of aryl methyl sites for hydroxylation is 1. The molecular weight excluding hydrogens is 339 g/mol. The first-order valence-corrected chi connectivity index (χ1v) is 8.42. The molecule has 2 N–H and O–H groups in total. The number of ether oxygens (including phenoxy) is 1. The van der Waals surface area contributed by atoms with E-state index in [4.69, 9.17) is 9.94 Å². The Labute approximate surface area is 150 Å². The number of nitrogens with zero attached hydrogens (tertiary/aromatic N) is 1. The Kier molecular flexibility index (Phi) is 4.82. The molecule has 26 heavy (non-hydrogen) atoms. The zero-order valence-corrected chi connectivity index (χ0v) is 14.7. The van der Waals surface area contributed by atoms with E-state index >= 15 is 0 Å². The number of fused-ring (bicyclic) bond motifs is 1. The van der Waals surface area contributed by atoms with Crippen LogP contribution < -0.4 is 15.8 Å². The highest BCUT2D eigenvalue weighted by molar-refractivity contribution is 5.80. The SMILES string of the molecule is CC(C)(CCn1cc(F)c(-c2ccc3c(c2)CCO3)cc1=O)C(=O)NO. The summed E-state index contributed by atoms with van der Waals surface area (Å²) >= 11 is 0. The number of hydrogen-bond donors (Lipinski definition) is 2. The average Bonchev–Trinajstić information content (AvgIpc) is 3.09. The summed E-state index contributed by atoms with van der Waals surface area (Å²) in [6.45, 7) is 4.05. The van der Waals surface area contributed by atoms with Crippen molar-refractivity contribution < 1.29 is 19.1 Å². The normalized spacial score (nSPS) is 13.2. The van der Waals surface area contributed by atoms with Crippen molar-refractivity contribution in [2.75, 3.05) is 6.61 Å². The van der Waals surface area contributed by atoms with Crippen LogP contribution >= 0.6 is 0 Å². The Balaban J connectivity index is 1.85. The number of amides is 1. The Morgan fingerprint density at radius 2 is 2.15 bits per heavy atom.